The van der Waals surface area contributed by atoms with Gasteiger partial charge in [-0.2, -0.15) is 9.19 Å². The Morgan fingerprint density at radius 2 is 2.10 bits per heavy atom. The molecule has 2 N–H and O–H groups in total. The van der Waals surface area contributed by atoms with Gasteiger partial charge in [0.2, 0.25) is 0 Å². The van der Waals surface area contributed by atoms with Gasteiger partial charge in [0.05, 0.1) is 22.7 Å². The minimum atomic E-state index is -3.35. The first-order chi connectivity index (χ1) is 9.41. The topological polar surface area (TPSA) is 78.0 Å². The molecule has 1 aromatic heterocycles. The molecular weight excluding hydrogens is 298 g/mol. The largest absolute Gasteiger partial charge is 0.398 e. The molecule has 0 unspecified atom stereocenters. The third kappa shape index (κ3) is 2.09. The molecule has 0 saturated heterocycles. The molecule has 0 radical (unpaired) electrons. The van der Waals surface area contributed by atoms with Crippen LogP contribution in [0.2, 0.25) is 5.02 Å². The number of anilines is 1. The Morgan fingerprint density at radius 1 is 1.40 bits per heavy atom. The smallest absolute Gasteiger partial charge is 0.256 e. The average Bonchev–Trinajstić information content (AvgIpc) is 3.15. The van der Waals surface area contributed by atoms with E-state index in [1.54, 1.807) is 12.1 Å². The SMILES string of the molecule is Cc1c(N)ccc(-c2cnn(S(=O)(=O)C3CC3)c2)c1Cl. The number of hydrogen-bond donors (Lipinski definition) is 1. The van der Waals surface area contributed by atoms with Crippen LogP contribution in [0.3, 0.4) is 0 Å². The molecule has 20 heavy (non-hydrogen) atoms. The van der Waals surface area contributed by atoms with Gasteiger partial charge in [-0.3, -0.25) is 0 Å². The van der Waals surface area contributed by atoms with E-state index in [1.165, 1.54) is 12.4 Å². The van der Waals surface area contributed by atoms with Crippen LogP contribution in [0.25, 0.3) is 11.1 Å². The minimum absolute atomic E-state index is 0.293. The fourth-order valence-corrected chi connectivity index (χ4v) is 3.78. The minimum Gasteiger partial charge on any atom is -0.398 e. The molecule has 0 aliphatic heterocycles. The molecule has 2 aromatic rings. The Bertz CT molecular complexity index is 779. The standard InChI is InChI=1S/C13H14ClN3O2S/c1-8-12(15)5-4-11(13(8)14)9-6-16-17(7-9)20(18,19)10-2-3-10/h4-7,10H,2-3,15H2,1H3. The van der Waals surface area contributed by atoms with Crippen molar-refractivity contribution in [1.29, 1.82) is 0 Å². The van der Waals surface area contributed by atoms with E-state index in [2.05, 4.69) is 5.10 Å². The van der Waals surface area contributed by atoms with Crippen LogP contribution in [0.15, 0.2) is 24.5 Å². The van der Waals surface area contributed by atoms with Crippen molar-refractivity contribution in [3.63, 3.8) is 0 Å². The van der Waals surface area contributed by atoms with Crippen LogP contribution in [0, 0.1) is 6.92 Å². The molecule has 3 rings (SSSR count). The van der Waals surface area contributed by atoms with Crippen LogP contribution in [0.1, 0.15) is 18.4 Å². The van der Waals surface area contributed by atoms with E-state index < -0.39 is 10.0 Å². The molecule has 1 aromatic carbocycles. The van der Waals surface area contributed by atoms with Gasteiger partial charge in [-0.1, -0.05) is 17.7 Å². The van der Waals surface area contributed by atoms with Gasteiger partial charge in [-0.25, -0.2) is 8.42 Å². The van der Waals surface area contributed by atoms with Gasteiger partial charge in [-0.05, 0) is 31.4 Å². The monoisotopic (exact) mass is 311 g/mol. The van der Waals surface area contributed by atoms with Crippen molar-refractivity contribution < 1.29 is 8.42 Å². The fourth-order valence-electron chi connectivity index (χ4n) is 2.02. The van der Waals surface area contributed by atoms with Crippen molar-refractivity contribution in [2.45, 2.75) is 25.0 Å². The molecule has 5 nitrogen and oxygen atoms in total. The summed E-state index contributed by atoms with van der Waals surface area (Å²) >= 11 is 6.26. The lowest BCUT2D eigenvalue weighted by Crippen LogP contribution is -2.17. The number of nitrogen functional groups attached to an aromatic ring is 1. The Balaban J connectivity index is 2.05. The molecule has 1 aliphatic rings. The molecular formula is C13H14ClN3O2S. The van der Waals surface area contributed by atoms with Gasteiger partial charge >= 0.3 is 0 Å². The summed E-state index contributed by atoms with van der Waals surface area (Å²) < 4.78 is 25.2. The van der Waals surface area contributed by atoms with Crippen LogP contribution in [0.5, 0.6) is 0 Å². The Hall–Kier alpha value is -1.53. The van der Waals surface area contributed by atoms with Gasteiger partial charge < -0.3 is 5.73 Å². The summed E-state index contributed by atoms with van der Waals surface area (Å²) in [5, 5.41) is 4.19. The maximum Gasteiger partial charge on any atom is 0.256 e. The van der Waals surface area contributed by atoms with Gasteiger partial charge in [0, 0.05) is 16.8 Å². The van der Waals surface area contributed by atoms with Crippen LogP contribution in [-0.2, 0) is 10.0 Å². The second-order valence-electron chi connectivity index (χ2n) is 4.99. The number of aromatic nitrogens is 2. The molecule has 0 bridgehead atoms. The summed E-state index contributed by atoms with van der Waals surface area (Å²) in [7, 11) is -3.35. The van der Waals surface area contributed by atoms with E-state index in [0.717, 1.165) is 15.2 Å². The summed E-state index contributed by atoms with van der Waals surface area (Å²) in [4.78, 5) is 0. The van der Waals surface area contributed by atoms with Gasteiger partial charge in [0.25, 0.3) is 10.0 Å². The van der Waals surface area contributed by atoms with Crippen LogP contribution in [-0.4, -0.2) is 22.9 Å². The number of nitrogens with two attached hydrogens (primary N) is 1. The molecule has 1 saturated carbocycles. The predicted molar refractivity (Wildman–Crippen MR) is 79.2 cm³/mol. The zero-order valence-electron chi connectivity index (χ0n) is 10.9. The lowest BCUT2D eigenvalue weighted by Gasteiger charge is -2.07. The van der Waals surface area contributed by atoms with Crippen LogP contribution < -0.4 is 5.73 Å². The summed E-state index contributed by atoms with van der Waals surface area (Å²) in [6.07, 6.45) is 4.43. The molecule has 0 spiro atoms. The second-order valence-corrected chi connectivity index (χ2v) is 7.44. The van der Waals surface area contributed by atoms with E-state index >= 15 is 0 Å². The maximum atomic E-state index is 12.1. The van der Waals surface area contributed by atoms with E-state index in [4.69, 9.17) is 17.3 Å². The summed E-state index contributed by atoms with van der Waals surface area (Å²) in [6, 6.07) is 3.53. The highest BCUT2D eigenvalue weighted by Gasteiger charge is 2.37. The first-order valence-corrected chi connectivity index (χ1v) is 8.13. The van der Waals surface area contributed by atoms with Crippen LogP contribution in [0.4, 0.5) is 5.69 Å². The number of hydrogen-bond acceptors (Lipinski definition) is 4. The van der Waals surface area contributed by atoms with E-state index in [-0.39, 0.29) is 5.25 Å². The van der Waals surface area contributed by atoms with E-state index in [1.807, 2.05) is 6.92 Å². The zero-order valence-corrected chi connectivity index (χ0v) is 12.4. The fraction of sp³-hybridized carbons (Fsp3) is 0.308. The number of halogens is 1. The Labute approximate surface area is 122 Å². The molecule has 7 heteroatoms. The number of rotatable bonds is 3. The first-order valence-electron chi connectivity index (χ1n) is 6.25. The molecule has 1 fully saturated rings. The molecule has 1 heterocycles. The lowest BCUT2D eigenvalue weighted by molar-refractivity contribution is 0.578. The summed E-state index contributed by atoms with van der Waals surface area (Å²) in [5.74, 6) is 0. The van der Waals surface area contributed by atoms with Crippen molar-refractivity contribution >= 4 is 27.3 Å². The molecule has 0 atom stereocenters. The third-order valence-corrected chi connectivity index (χ3v) is 6.03. The average molecular weight is 312 g/mol. The van der Waals surface area contributed by atoms with Crippen molar-refractivity contribution in [1.82, 2.24) is 9.19 Å². The van der Waals surface area contributed by atoms with E-state index in [0.29, 0.717) is 29.1 Å². The molecule has 0 amide bonds. The molecule has 106 valence electrons. The summed E-state index contributed by atoms with van der Waals surface area (Å²) in [5.41, 5.74) is 8.58. The second kappa shape index (κ2) is 4.49. The Morgan fingerprint density at radius 3 is 2.75 bits per heavy atom. The van der Waals surface area contributed by atoms with Crippen molar-refractivity contribution in [3.05, 3.63) is 35.1 Å². The third-order valence-electron chi connectivity index (χ3n) is 3.51. The van der Waals surface area contributed by atoms with Crippen molar-refractivity contribution in [2.24, 2.45) is 0 Å². The Kier molecular flexibility index (Phi) is 3.02. The van der Waals surface area contributed by atoms with Gasteiger partial charge in [-0.15, -0.1) is 0 Å². The van der Waals surface area contributed by atoms with Crippen LogP contribution >= 0.6 is 11.6 Å². The van der Waals surface area contributed by atoms with Crippen molar-refractivity contribution in [3.8, 4) is 11.1 Å². The van der Waals surface area contributed by atoms with Crippen molar-refractivity contribution in [2.75, 3.05) is 5.73 Å². The highest BCUT2D eigenvalue weighted by Crippen LogP contribution is 2.34. The lowest BCUT2D eigenvalue weighted by atomic mass is 10.1. The van der Waals surface area contributed by atoms with Gasteiger partial charge in [0.1, 0.15) is 0 Å². The zero-order chi connectivity index (χ0) is 14.5. The normalized spacial score (nSPS) is 15.5. The number of nitrogens with zero attached hydrogens (tertiary/aromatic N) is 2. The van der Waals surface area contributed by atoms with E-state index in [9.17, 15) is 8.42 Å². The number of benzene rings is 1. The molecule has 1 aliphatic carbocycles. The summed E-state index contributed by atoms with van der Waals surface area (Å²) in [6.45, 7) is 1.83. The maximum absolute atomic E-state index is 12.1. The predicted octanol–water partition coefficient (Wildman–Crippen LogP) is 2.43. The highest BCUT2D eigenvalue weighted by molar-refractivity contribution is 7.90. The highest BCUT2D eigenvalue weighted by atomic mass is 35.5. The quantitative estimate of drug-likeness (QED) is 0.883. The van der Waals surface area contributed by atoms with Gasteiger partial charge in [0.15, 0.2) is 0 Å². The first kappa shape index (κ1) is 13.5.